The molecule has 0 saturated carbocycles. The van der Waals surface area contributed by atoms with Gasteiger partial charge >= 0.3 is 5.97 Å². The van der Waals surface area contributed by atoms with Crippen molar-refractivity contribution in [3.05, 3.63) is 117 Å². The molecule has 0 amide bonds. The Balaban J connectivity index is 1.36. The van der Waals surface area contributed by atoms with Crippen LogP contribution >= 0.6 is 11.6 Å². The van der Waals surface area contributed by atoms with Gasteiger partial charge in [0.2, 0.25) is 5.69 Å². The smallest absolute Gasteiger partial charge is 0.352 e. The molecular formula is C37H34ClFN3O4+. The zero-order valence-corrected chi connectivity index (χ0v) is 26.5. The van der Waals surface area contributed by atoms with Gasteiger partial charge in [0, 0.05) is 29.3 Å². The van der Waals surface area contributed by atoms with E-state index in [0.29, 0.717) is 50.0 Å². The minimum Gasteiger partial charge on any atom is -0.493 e. The fourth-order valence-electron chi connectivity index (χ4n) is 6.94. The minimum atomic E-state index is -0.996. The summed E-state index contributed by atoms with van der Waals surface area (Å²) in [5.41, 5.74) is 7.48. The number of carboxylic acids is 1. The van der Waals surface area contributed by atoms with E-state index in [-0.39, 0.29) is 11.5 Å². The van der Waals surface area contributed by atoms with Gasteiger partial charge < -0.3 is 19.1 Å². The number of H-pyrrole nitrogens is 1. The molecule has 1 aliphatic rings. The lowest BCUT2D eigenvalue weighted by Gasteiger charge is -2.15. The molecule has 4 aromatic carbocycles. The maximum absolute atomic E-state index is 13.8. The summed E-state index contributed by atoms with van der Waals surface area (Å²) in [5, 5.41) is 17.2. The van der Waals surface area contributed by atoms with E-state index in [9.17, 15) is 14.3 Å². The molecule has 2 aromatic heterocycles. The van der Waals surface area contributed by atoms with Crippen LogP contribution in [-0.4, -0.2) is 27.3 Å². The molecule has 0 unspecified atom stereocenters. The molecule has 0 radical (unpaired) electrons. The Morgan fingerprint density at radius 3 is 2.65 bits per heavy atom. The summed E-state index contributed by atoms with van der Waals surface area (Å²) in [5.74, 6) is -0.625. The molecule has 46 heavy (non-hydrogen) atoms. The van der Waals surface area contributed by atoms with Gasteiger partial charge in [-0.25, -0.2) is 9.18 Å². The first kappa shape index (κ1) is 30.0. The van der Waals surface area contributed by atoms with Crippen LogP contribution in [0.5, 0.6) is 5.75 Å². The standard InChI is InChI=1S/C37H33ClFN3O4/c1-3-31-34-30(40-41(31)2)21-45-20-24-9-5-4-8-23(24)19-42-35-28(15-16-29(38)33(34)35)27(36(42)37(43)44)11-7-17-46-32-12-6-10-22-18-25(39)13-14-26(22)32/h4-6,8-10,12-16,18H,3,7,11,17,19-21H2,1-2H3,(H,43,44)/p+1. The first-order valence-electron chi connectivity index (χ1n) is 15.5. The molecule has 2 N–H and O–H groups in total. The van der Waals surface area contributed by atoms with Crippen molar-refractivity contribution in [3.63, 3.8) is 0 Å². The molecule has 7 rings (SSSR count). The molecule has 0 saturated heterocycles. The Hall–Kier alpha value is -4.66. The lowest BCUT2D eigenvalue weighted by molar-refractivity contribution is -0.733. The Kier molecular flexibility index (Phi) is 8.01. The van der Waals surface area contributed by atoms with E-state index in [1.54, 1.807) is 6.07 Å². The van der Waals surface area contributed by atoms with Gasteiger partial charge in [-0.1, -0.05) is 61.0 Å². The number of aromatic amines is 1. The maximum atomic E-state index is 13.8. The van der Waals surface area contributed by atoms with Crippen LogP contribution in [0.1, 0.15) is 51.9 Å². The third-order valence-electron chi connectivity index (χ3n) is 8.95. The number of hydrogen-bond acceptors (Lipinski definition) is 3. The summed E-state index contributed by atoms with van der Waals surface area (Å²) in [6.07, 6.45) is 1.79. The van der Waals surface area contributed by atoms with Gasteiger partial charge in [-0.15, -0.1) is 4.68 Å². The number of hydrogen-bond donors (Lipinski definition) is 2. The lowest BCUT2D eigenvalue weighted by Crippen LogP contribution is -2.34. The number of aromatic nitrogens is 3. The number of carbonyl (C=O) groups is 1. The van der Waals surface area contributed by atoms with Crippen molar-refractivity contribution in [2.75, 3.05) is 6.61 Å². The molecule has 1 aliphatic heterocycles. The third-order valence-corrected chi connectivity index (χ3v) is 9.26. The Morgan fingerprint density at radius 2 is 1.85 bits per heavy atom. The Morgan fingerprint density at radius 1 is 1.04 bits per heavy atom. The zero-order valence-electron chi connectivity index (χ0n) is 25.7. The maximum Gasteiger partial charge on any atom is 0.352 e. The largest absolute Gasteiger partial charge is 0.493 e. The molecule has 3 heterocycles. The Labute approximate surface area is 270 Å². The second kappa shape index (κ2) is 12.3. The summed E-state index contributed by atoms with van der Waals surface area (Å²) in [4.78, 5) is 13.2. The summed E-state index contributed by atoms with van der Waals surface area (Å²) in [7, 11) is 1.97. The van der Waals surface area contributed by atoms with Crippen LogP contribution in [0.3, 0.4) is 0 Å². The second-order valence-electron chi connectivity index (χ2n) is 11.7. The summed E-state index contributed by atoms with van der Waals surface area (Å²) in [6, 6.07) is 22.0. The molecule has 6 aromatic rings. The van der Waals surface area contributed by atoms with Gasteiger partial charge in [0.25, 0.3) is 0 Å². The number of aromatic carboxylic acids is 1. The van der Waals surface area contributed by atoms with Crippen LogP contribution in [0.2, 0.25) is 5.02 Å². The molecule has 0 fully saturated rings. The number of benzene rings is 4. The van der Waals surface area contributed by atoms with Crippen molar-refractivity contribution >= 4 is 39.2 Å². The topological polar surface area (TPSA) is 80.4 Å². The van der Waals surface area contributed by atoms with E-state index in [0.717, 1.165) is 67.3 Å². The van der Waals surface area contributed by atoms with Crippen molar-refractivity contribution in [2.24, 2.45) is 7.05 Å². The zero-order chi connectivity index (χ0) is 31.9. The van der Waals surface area contributed by atoms with Crippen molar-refractivity contribution in [1.29, 1.82) is 0 Å². The van der Waals surface area contributed by atoms with Gasteiger partial charge in [-0.3, -0.25) is 0 Å². The molecule has 234 valence electrons. The number of nitrogens with one attached hydrogen (secondary N) is 1. The van der Waals surface area contributed by atoms with E-state index in [2.05, 4.69) is 12.0 Å². The van der Waals surface area contributed by atoms with Crippen LogP contribution < -0.4 is 9.42 Å². The van der Waals surface area contributed by atoms with Gasteiger partial charge in [-0.2, -0.15) is 5.10 Å². The van der Waals surface area contributed by atoms with Crippen molar-refractivity contribution in [2.45, 2.75) is 45.9 Å². The average molecular weight is 639 g/mol. The van der Waals surface area contributed by atoms with Crippen molar-refractivity contribution in [3.8, 4) is 16.9 Å². The van der Waals surface area contributed by atoms with E-state index < -0.39 is 5.97 Å². The number of carboxylic acid groups (broad SMARTS) is 1. The van der Waals surface area contributed by atoms with E-state index in [1.807, 2.05) is 70.9 Å². The summed E-state index contributed by atoms with van der Waals surface area (Å²) in [6.45, 7) is 3.55. The molecular weight excluding hydrogens is 605 g/mol. The second-order valence-corrected chi connectivity index (χ2v) is 12.1. The number of fused-ring (bicyclic) bond motifs is 4. The van der Waals surface area contributed by atoms with Crippen LogP contribution in [0.4, 0.5) is 4.39 Å². The number of halogens is 2. The van der Waals surface area contributed by atoms with Gasteiger partial charge in [0.05, 0.1) is 35.9 Å². The number of ether oxygens (including phenoxy) is 2. The van der Waals surface area contributed by atoms with Crippen LogP contribution in [0.25, 0.3) is 32.8 Å². The molecule has 0 spiro atoms. The number of rotatable bonds is 7. The van der Waals surface area contributed by atoms with Crippen molar-refractivity contribution < 1.29 is 28.4 Å². The molecule has 0 bridgehead atoms. The molecule has 7 nitrogen and oxygen atoms in total. The first-order valence-corrected chi connectivity index (χ1v) is 15.9. The first-order chi connectivity index (χ1) is 22.4. The lowest BCUT2D eigenvalue weighted by atomic mass is 9.97. The van der Waals surface area contributed by atoms with Gasteiger partial charge in [-0.05, 0) is 65.3 Å². The molecule has 9 heteroatoms. The normalized spacial score (nSPS) is 13.0. The highest BCUT2D eigenvalue weighted by atomic mass is 35.5. The van der Waals surface area contributed by atoms with Gasteiger partial charge in [0.1, 0.15) is 23.0 Å². The fraction of sp³-hybridized carbons (Fsp3) is 0.243. The summed E-state index contributed by atoms with van der Waals surface area (Å²) < 4.78 is 30.1. The van der Waals surface area contributed by atoms with Crippen molar-refractivity contribution in [1.82, 2.24) is 9.67 Å². The quantitative estimate of drug-likeness (QED) is 0.138. The molecule has 0 aliphatic carbocycles. The fourth-order valence-corrected chi connectivity index (χ4v) is 7.18. The average Bonchev–Trinajstić information content (AvgIpc) is 3.52. The van der Waals surface area contributed by atoms with E-state index in [4.69, 9.17) is 21.1 Å². The van der Waals surface area contributed by atoms with Gasteiger partial charge in [0.15, 0.2) is 7.05 Å². The highest BCUT2D eigenvalue weighted by Crippen LogP contribution is 2.43. The highest BCUT2D eigenvalue weighted by molar-refractivity contribution is 6.35. The van der Waals surface area contributed by atoms with Crippen LogP contribution in [0, 0.1) is 5.82 Å². The number of nitrogens with zero attached hydrogens (tertiary/aromatic N) is 2. The predicted octanol–water partition coefficient (Wildman–Crippen LogP) is 7.76. The molecule has 0 atom stereocenters. The van der Waals surface area contributed by atoms with E-state index in [1.165, 1.54) is 12.1 Å². The highest BCUT2D eigenvalue weighted by Gasteiger charge is 2.32. The third kappa shape index (κ3) is 5.21. The monoisotopic (exact) mass is 638 g/mol. The van der Waals surface area contributed by atoms with Crippen LogP contribution in [0.15, 0.2) is 72.8 Å². The van der Waals surface area contributed by atoms with E-state index >= 15 is 0 Å². The van der Waals surface area contributed by atoms with Crippen LogP contribution in [-0.2, 0) is 44.4 Å². The Bertz CT molecular complexity index is 2130. The minimum absolute atomic E-state index is 0.244. The summed E-state index contributed by atoms with van der Waals surface area (Å²) >= 11 is 7.06. The predicted molar refractivity (Wildman–Crippen MR) is 176 cm³/mol. The SMILES string of the molecule is CCc1c2c([nH][n+]1C)COCc1ccccc1Cn1c(C(=O)O)c(CCCOc3cccc4cc(F)ccc34)c3ccc(Cl)c-2c31. The number of aryl methyl sites for hydroxylation is 2.